The van der Waals surface area contributed by atoms with Gasteiger partial charge in [-0.15, -0.1) is 10.2 Å². The van der Waals surface area contributed by atoms with Gasteiger partial charge in [-0.2, -0.15) is 0 Å². The first-order valence-electron chi connectivity index (χ1n) is 8.76. The van der Waals surface area contributed by atoms with E-state index in [-0.39, 0.29) is 0 Å². The van der Waals surface area contributed by atoms with E-state index in [1.165, 1.54) is 5.69 Å². The second kappa shape index (κ2) is 8.33. The van der Waals surface area contributed by atoms with Gasteiger partial charge in [-0.1, -0.05) is 18.2 Å². The van der Waals surface area contributed by atoms with Crippen LogP contribution in [0.1, 0.15) is 19.7 Å². The van der Waals surface area contributed by atoms with E-state index in [0.717, 1.165) is 30.9 Å². The second-order valence-electron chi connectivity index (χ2n) is 5.76. The maximum atomic E-state index is 5.72. The third-order valence-corrected chi connectivity index (χ3v) is 4.15. The van der Waals surface area contributed by atoms with Gasteiger partial charge in [0.05, 0.1) is 0 Å². The molecule has 0 fully saturated rings. The number of benzene rings is 2. The highest BCUT2D eigenvalue weighted by Crippen LogP contribution is 2.19. The van der Waals surface area contributed by atoms with Crippen molar-refractivity contribution in [3.05, 3.63) is 60.5 Å². The number of rotatable bonds is 8. The molecule has 0 spiro atoms. The number of aromatic nitrogens is 2. The molecule has 0 aliphatic heterocycles. The summed E-state index contributed by atoms with van der Waals surface area (Å²) in [5.74, 6) is 1.21. The van der Waals surface area contributed by atoms with Crippen LogP contribution >= 0.6 is 0 Å². The Labute approximate surface area is 148 Å². The smallest absolute Gasteiger partial charge is 0.247 e. The number of nitrogens with zero attached hydrogens (tertiary/aromatic N) is 3. The van der Waals surface area contributed by atoms with Crippen LogP contribution in [0.5, 0.6) is 0 Å². The highest BCUT2D eigenvalue weighted by Gasteiger charge is 2.07. The van der Waals surface area contributed by atoms with Crippen molar-refractivity contribution in [2.45, 2.75) is 20.3 Å². The average Bonchev–Trinajstić information content (AvgIpc) is 3.14. The quantitative estimate of drug-likeness (QED) is 0.667. The molecule has 1 aromatic heterocycles. The van der Waals surface area contributed by atoms with Crippen LogP contribution in [0.25, 0.3) is 11.5 Å². The van der Waals surface area contributed by atoms with Gasteiger partial charge >= 0.3 is 0 Å². The summed E-state index contributed by atoms with van der Waals surface area (Å²) >= 11 is 0. The summed E-state index contributed by atoms with van der Waals surface area (Å²) in [6.45, 7) is 7.13. The maximum Gasteiger partial charge on any atom is 0.247 e. The molecule has 3 rings (SSSR count). The third-order valence-electron chi connectivity index (χ3n) is 4.15. The molecule has 0 aliphatic rings. The molecule has 0 unspecified atom stereocenters. The predicted octanol–water partition coefficient (Wildman–Crippen LogP) is 4.24. The van der Waals surface area contributed by atoms with E-state index in [0.29, 0.717) is 18.2 Å². The zero-order valence-electron chi connectivity index (χ0n) is 14.8. The molecular weight excluding hydrogens is 312 g/mol. The first-order valence-corrected chi connectivity index (χ1v) is 8.76. The van der Waals surface area contributed by atoms with Crippen molar-refractivity contribution in [2.75, 3.05) is 29.9 Å². The molecule has 0 radical (unpaired) electrons. The summed E-state index contributed by atoms with van der Waals surface area (Å²) in [5, 5.41) is 11.6. The zero-order valence-corrected chi connectivity index (χ0v) is 14.8. The van der Waals surface area contributed by atoms with E-state index in [9.17, 15) is 0 Å². The number of hydrogen-bond donors (Lipinski definition) is 1. The number of anilines is 2. The van der Waals surface area contributed by atoms with Gasteiger partial charge < -0.3 is 14.6 Å². The zero-order chi connectivity index (χ0) is 17.5. The van der Waals surface area contributed by atoms with Crippen LogP contribution in [0.4, 0.5) is 11.4 Å². The minimum Gasteiger partial charge on any atom is -0.421 e. The van der Waals surface area contributed by atoms with Crippen LogP contribution in [-0.4, -0.2) is 29.8 Å². The van der Waals surface area contributed by atoms with Gasteiger partial charge in [0.2, 0.25) is 11.8 Å². The fourth-order valence-corrected chi connectivity index (χ4v) is 2.74. The molecule has 0 saturated heterocycles. The predicted molar refractivity (Wildman–Crippen MR) is 102 cm³/mol. The van der Waals surface area contributed by atoms with Gasteiger partial charge in [-0.3, -0.25) is 0 Å². The SMILES string of the molecule is CCN(CC)c1ccc(NCCc2nnc(-c3ccccc3)o2)cc1. The molecule has 0 saturated carbocycles. The molecule has 1 N–H and O–H groups in total. The molecule has 3 aromatic rings. The Morgan fingerprint density at radius 2 is 1.64 bits per heavy atom. The van der Waals surface area contributed by atoms with E-state index >= 15 is 0 Å². The molecule has 25 heavy (non-hydrogen) atoms. The van der Waals surface area contributed by atoms with Crippen LogP contribution in [0.2, 0.25) is 0 Å². The molecule has 5 heteroatoms. The molecule has 0 amide bonds. The average molecular weight is 336 g/mol. The van der Waals surface area contributed by atoms with Crippen molar-refractivity contribution in [3.63, 3.8) is 0 Å². The lowest BCUT2D eigenvalue weighted by atomic mass is 10.2. The Balaban J connectivity index is 1.52. The fourth-order valence-electron chi connectivity index (χ4n) is 2.74. The van der Waals surface area contributed by atoms with Crippen molar-refractivity contribution < 1.29 is 4.42 Å². The van der Waals surface area contributed by atoms with Crippen LogP contribution in [0, 0.1) is 0 Å². The molecule has 0 aliphatic carbocycles. The van der Waals surface area contributed by atoms with Gasteiger partial charge in [0.15, 0.2) is 0 Å². The molecule has 0 bridgehead atoms. The van der Waals surface area contributed by atoms with Crippen LogP contribution in [-0.2, 0) is 6.42 Å². The van der Waals surface area contributed by atoms with Crippen molar-refractivity contribution >= 4 is 11.4 Å². The topological polar surface area (TPSA) is 54.2 Å². The van der Waals surface area contributed by atoms with E-state index in [4.69, 9.17) is 4.42 Å². The fraction of sp³-hybridized carbons (Fsp3) is 0.300. The lowest BCUT2D eigenvalue weighted by Gasteiger charge is -2.21. The first-order chi connectivity index (χ1) is 12.3. The minimum absolute atomic E-state index is 0.569. The van der Waals surface area contributed by atoms with Crippen molar-refractivity contribution in [2.24, 2.45) is 0 Å². The summed E-state index contributed by atoms with van der Waals surface area (Å²) in [7, 11) is 0. The van der Waals surface area contributed by atoms with E-state index in [2.05, 4.69) is 58.5 Å². The Bertz CT molecular complexity index is 764. The van der Waals surface area contributed by atoms with E-state index in [1.54, 1.807) is 0 Å². The van der Waals surface area contributed by atoms with Crippen LogP contribution in [0.15, 0.2) is 59.0 Å². The van der Waals surface area contributed by atoms with Gasteiger partial charge in [0, 0.05) is 43.0 Å². The van der Waals surface area contributed by atoms with Gasteiger partial charge in [0.25, 0.3) is 0 Å². The summed E-state index contributed by atoms with van der Waals surface area (Å²) in [6.07, 6.45) is 0.692. The van der Waals surface area contributed by atoms with E-state index in [1.807, 2.05) is 30.3 Å². The monoisotopic (exact) mass is 336 g/mol. The summed E-state index contributed by atoms with van der Waals surface area (Å²) in [5.41, 5.74) is 3.29. The Kier molecular flexibility index (Phi) is 5.67. The summed E-state index contributed by atoms with van der Waals surface area (Å²) in [6, 6.07) is 18.3. The normalized spacial score (nSPS) is 10.6. The largest absolute Gasteiger partial charge is 0.421 e. The second-order valence-corrected chi connectivity index (χ2v) is 5.76. The van der Waals surface area contributed by atoms with Crippen LogP contribution < -0.4 is 10.2 Å². The van der Waals surface area contributed by atoms with Crippen LogP contribution in [0.3, 0.4) is 0 Å². The molecule has 130 valence electrons. The Morgan fingerprint density at radius 1 is 0.920 bits per heavy atom. The maximum absolute atomic E-state index is 5.72. The summed E-state index contributed by atoms with van der Waals surface area (Å²) in [4.78, 5) is 2.33. The van der Waals surface area contributed by atoms with Crippen molar-refractivity contribution in [1.29, 1.82) is 0 Å². The van der Waals surface area contributed by atoms with Gasteiger partial charge in [-0.25, -0.2) is 0 Å². The highest BCUT2D eigenvalue weighted by atomic mass is 16.4. The molecule has 1 heterocycles. The lowest BCUT2D eigenvalue weighted by Crippen LogP contribution is -2.21. The standard InChI is InChI=1S/C20H24N4O/c1-3-24(4-2)18-12-10-17(11-13-18)21-15-14-19-22-23-20(25-19)16-8-6-5-7-9-16/h5-13,21H,3-4,14-15H2,1-2H3. The Hall–Kier alpha value is -2.82. The summed E-state index contributed by atoms with van der Waals surface area (Å²) < 4.78 is 5.72. The van der Waals surface area contributed by atoms with Gasteiger partial charge in [0.1, 0.15) is 0 Å². The minimum atomic E-state index is 0.569. The number of nitrogens with one attached hydrogen (secondary N) is 1. The number of hydrogen-bond acceptors (Lipinski definition) is 5. The molecular formula is C20H24N4O. The van der Waals surface area contributed by atoms with Gasteiger partial charge in [-0.05, 0) is 50.2 Å². The first kappa shape index (κ1) is 17.0. The molecule has 2 aromatic carbocycles. The lowest BCUT2D eigenvalue weighted by molar-refractivity contribution is 0.509. The molecule has 0 atom stereocenters. The van der Waals surface area contributed by atoms with Crippen molar-refractivity contribution in [3.8, 4) is 11.5 Å². The molecule has 5 nitrogen and oxygen atoms in total. The highest BCUT2D eigenvalue weighted by molar-refractivity contribution is 5.55. The third kappa shape index (κ3) is 4.38. The van der Waals surface area contributed by atoms with E-state index < -0.39 is 0 Å². The Morgan fingerprint density at radius 3 is 2.32 bits per heavy atom. The van der Waals surface area contributed by atoms with Crippen molar-refractivity contribution in [1.82, 2.24) is 10.2 Å².